The van der Waals surface area contributed by atoms with Gasteiger partial charge in [0.2, 0.25) is 0 Å². The molecule has 2 atom stereocenters. The molecule has 0 radical (unpaired) electrons. The lowest BCUT2D eigenvalue weighted by molar-refractivity contribution is 0.0117. The van der Waals surface area contributed by atoms with Gasteiger partial charge in [0.15, 0.2) is 20.0 Å². The van der Waals surface area contributed by atoms with Gasteiger partial charge < -0.3 is 82.6 Å². The minimum Gasteiger partial charge on any atom is -0.389 e. The first-order valence-electron chi connectivity index (χ1n) is 51.2. The van der Waals surface area contributed by atoms with E-state index >= 15 is 0 Å². The Balaban J connectivity index is 0.000000163. The number of aryl methyl sites for hydroxylation is 3. The Morgan fingerprint density at radius 3 is 1.01 bits per heavy atom. The number of aromatic nitrogens is 8. The quantitative estimate of drug-likeness (QED) is 0.0194. The van der Waals surface area contributed by atoms with E-state index in [0.717, 1.165) is 174 Å². The monoisotopic (exact) mass is 2100 g/mol. The van der Waals surface area contributed by atoms with Crippen LogP contribution in [0.15, 0.2) is 49.1 Å². The second kappa shape index (κ2) is 49.8. The number of piperidine rings is 3. The molecule has 0 unspecified atom stereocenters. The van der Waals surface area contributed by atoms with Gasteiger partial charge >= 0.3 is 0 Å². The summed E-state index contributed by atoms with van der Waals surface area (Å²) in [6, 6.07) is 7.97. The van der Waals surface area contributed by atoms with E-state index in [1.54, 1.807) is 72.0 Å². The minimum absolute atomic E-state index is 0.0124. The second-order valence-electron chi connectivity index (χ2n) is 42.6. The van der Waals surface area contributed by atoms with Crippen molar-refractivity contribution in [1.82, 2.24) is 80.7 Å². The van der Waals surface area contributed by atoms with Crippen LogP contribution in [0.25, 0.3) is 41.8 Å². The summed E-state index contributed by atoms with van der Waals surface area (Å²) < 4.78 is 83.7. The third-order valence-electron chi connectivity index (χ3n) is 27.1. The van der Waals surface area contributed by atoms with Crippen LogP contribution in [0.1, 0.15) is 352 Å². The summed E-state index contributed by atoms with van der Waals surface area (Å²) >= 11 is 4.25. The number of hydrogen-bond donors (Lipinski definition) is 12. The highest BCUT2D eigenvalue weighted by Crippen LogP contribution is 2.44. The summed E-state index contributed by atoms with van der Waals surface area (Å²) in [7, 11) is 0. The Kier molecular flexibility index (Phi) is 38.4. The molecule has 8 fully saturated rings. The van der Waals surface area contributed by atoms with Crippen LogP contribution in [0.4, 0.5) is 49.6 Å². The Labute approximate surface area is 865 Å². The van der Waals surface area contributed by atoms with Crippen LogP contribution in [0.5, 0.6) is 0 Å². The van der Waals surface area contributed by atoms with Crippen molar-refractivity contribution in [2.24, 2.45) is 0 Å². The molecule has 146 heavy (non-hydrogen) atoms. The van der Waals surface area contributed by atoms with Crippen LogP contribution in [-0.2, 0) is 0 Å². The Hall–Kier alpha value is -10.5. The summed E-state index contributed by atoms with van der Waals surface area (Å²) in [6.45, 7) is 23.3. The Morgan fingerprint density at radius 1 is 0.390 bits per heavy atom. The van der Waals surface area contributed by atoms with E-state index < -0.39 is 102 Å². The molecule has 4 saturated carbocycles. The van der Waals surface area contributed by atoms with Crippen molar-refractivity contribution < 1.29 is 85.1 Å². The van der Waals surface area contributed by atoms with Gasteiger partial charge in [-0.2, -0.15) is 0 Å². The van der Waals surface area contributed by atoms with Crippen molar-refractivity contribution in [3.8, 4) is 41.8 Å². The summed E-state index contributed by atoms with van der Waals surface area (Å²) in [5.41, 5.74) is 0.843. The number of alkyl halides is 6. The van der Waals surface area contributed by atoms with Crippen LogP contribution in [0, 0.1) is 20.8 Å². The zero-order valence-corrected chi connectivity index (χ0v) is 89.1. The summed E-state index contributed by atoms with van der Waals surface area (Å²) in [6.07, 6.45) is 27.1. The van der Waals surface area contributed by atoms with Gasteiger partial charge in [-0.25, -0.2) is 66.2 Å². The van der Waals surface area contributed by atoms with Gasteiger partial charge in [0.25, 0.3) is 59.6 Å². The number of likely N-dealkylation sites (tertiary alicyclic amines) is 4. The summed E-state index contributed by atoms with van der Waals surface area (Å²) in [5.74, 6) is -4.06. The third kappa shape index (κ3) is 31.3. The molecule has 32 nitrogen and oxygen atoms in total. The molecule has 4 aliphatic carbocycles. The third-order valence-corrected chi connectivity index (χ3v) is 31.5. The Morgan fingerprint density at radius 2 is 0.699 bits per heavy atom. The van der Waals surface area contributed by atoms with Gasteiger partial charge in [-0.3, -0.25) is 38.4 Å². The van der Waals surface area contributed by atoms with Crippen molar-refractivity contribution >= 4 is 116 Å². The van der Waals surface area contributed by atoms with Gasteiger partial charge in [0, 0.05) is 149 Å². The lowest BCUT2D eigenvalue weighted by Crippen LogP contribution is -2.42. The lowest BCUT2D eigenvalue weighted by atomic mass is 9.95. The highest BCUT2D eigenvalue weighted by atomic mass is 32.1. The molecule has 4 saturated heterocycles. The van der Waals surface area contributed by atoms with E-state index in [-0.39, 0.29) is 135 Å². The van der Waals surface area contributed by atoms with Crippen molar-refractivity contribution in [1.29, 1.82) is 0 Å². The molecule has 0 aromatic carbocycles. The number of amides is 8. The topological polar surface area (TPSA) is 430 Å². The fraction of sp³-hybridized carbons (Fsp3) is 0.615. The standard InChI is InChI=1S/C27H39N5O3S.C26H34F3N5O3S.C26H35F2N5O3S.C25H34FN5O3S/c1-17-14-21(30-19-11-6-5-7-12-19)28-15-20(17)23-22(26(34)32-13-9-8-10-18(32)2)31-25(36-23)24(33)29-16-27(3,4)35;1-26(2,37)14-31-23(35)24-33-19(25(36)34-10-8-16(27)9-11-34)20(38-24)15-12-18(21(28)29)22(30-13-15)32-17-6-4-3-5-7-17;1-15-10-19(31-17-8-6-5-7-9-17)29-12-18(15)21-20(24(35)33-14-26(27,28)11-16(33)2)32-23(37-21)22(34)30-13-25(3,4)36;1-15-12-19(29-17-6-4-5-7-17)27-13-18(15)21-20(24(33)31-10-8-16(26)9-11-31)30-23(35-21)22(32)28-14-25(2,3)34/h14-15,18-19,35H,5-13,16H2,1-4H3,(H,28,30)(H,29,33);12-13,16-17,21,37H,3-11,14H2,1-2H3,(H,30,32)(H,31,35);10,12,16-17,36H,5-9,11,13-14H2,1-4H3,(H,29,31)(H,30,34);12-13,16-17,34H,4-11,14H2,1-3H3,(H,27,29)(H,28,32)/t18-;;16-;/m0.0./s1. The first kappa shape index (κ1) is 113. The number of thiazole rings is 4. The molecular weight excluding hydrogens is 1960 g/mol. The van der Waals surface area contributed by atoms with E-state index in [4.69, 9.17) is 0 Å². The molecule has 8 aromatic rings. The number of anilines is 4. The van der Waals surface area contributed by atoms with Crippen LogP contribution >= 0.6 is 45.3 Å². The van der Waals surface area contributed by atoms with Crippen LogP contribution in [0.3, 0.4) is 0 Å². The molecule has 42 heteroatoms. The number of halogens is 6. The molecular formula is C104H142F6N20O12S4. The van der Waals surface area contributed by atoms with E-state index in [0.29, 0.717) is 76.5 Å². The van der Waals surface area contributed by atoms with Gasteiger partial charge in [0.05, 0.1) is 54.0 Å². The molecule has 0 spiro atoms. The SMILES string of the molecule is CC(C)(O)CNC(=O)c1nc(C(=O)N2CCC(F)CC2)c(-c2cnc(NC3CCCCC3)c(C(F)F)c2)s1.Cc1cc(NC2CCCC2)ncc1-c1sc(C(=O)NCC(C)(C)O)nc1C(=O)N1CCC(F)CC1.Cc1cc(NC2CCCCC2)ncc1-c1sc(C(=O)NCC(C)(C)O)nc1C(=O)N1CC(F)(F)C[C@@H]1C.Cc1cc(NC2CCCCC2)ncc1-c1sc(C(=O)NCC(C)(C)O)nc1C(=O)N1CCCC[C@@H]1C. The maximum Gasteiger partial charge on any atom is 0.280 e. The fourth-order valence-electron chi connectivity index (χ4n) is 19.0. The molecule has 16 rings (SSSR count). The number of rotatable bonds is 29. The molecule has 8 amide bonds. The molecule has 12 N–H and O–H groups in total. The zero-order valence-electron chi connectivity index (χ0n) is 85.8. The Bertz CT molecular complexity index is 5860. The predicted octanol–water partition coefficient (Wildman–Crippen LogP) is 18.3. The van der Waals surface area contributed by atoms with Crippen LogP contribution in [0.2, 0.25) is 0 Å². The maximum absolute atomic E-state index is 14.1. The van der Waals surface area contributed by atoms with Crippen molar-refractivity contribution in [2.75, 3.05) is 86.7 Å². The summed E-state index contributed by atoms with van der Waals surface area (Å²) in [4.78, 5) is 149. The van der Waals surface area contributed by atoms with Crippen LogP contribution < -0.4 is 42.5 Å². The number of nitrogens with zero attached hydrogens (tertiary/aromatic N) is 12. The molecule has 12 heterocycles. The number of carbonyl (C=O) groups excluding carboxylic acids is 8. The average molecular weight is 2110 g/mol. The molecule has 0 bridgehead atoms. The number of carbonyl (C=O) groups is 8. The normalized spacial score (nSPS) is 18.7. The average Bonchev–Trinajstić information content (AvgIpc) is 1.63. The molecule has 4 aliphatic heterocycles. The van der Waals surface area contributed by atoms with Crippen molar-refractivity contribution in [3.63, 3.8) is 0 Å². The van der Waals surface area contributed by atoms with Gasteiger partial charge in [-0.05, 0) is 227 Å². The molecule has 796 valence electrons. The molecule has 8 aliphatic rings. The van der Waals surface area contributed by atoms with Gasteiger partial charge in [-0.15, -0.1) is 45.3 Å². The highest BCUT2D eigenvalue weighted by molar-refractivity contribution is 7.18. The van der Waals surface area contributed by atoms with Crippen molar-refractivity contribution in [2.45, 2.75) is 347 Å². The fourth-order valence-corrected chi connectivity index (χ4v) is 23.1. The zero-order chi connectivity index (χ0) is 105. The minimum atomic E-state index is -2.97. The molecule has 8 aromatic heterocycles. The smallest absolute Gasteiger partial charge is 0.280 e. The largest absolute Gasteiger partial charge is 0.389 e. The lowest BCUT2D eigenvalue weighted by Gasteiger charge is -2.33. The number of pyridine rings is 4. The van der Waals surface area contributed by atoms with E-state index in [1.807, 2.05) is 43.9 Å². The van der Waals surface area contributed by atoms with E-state index in [1.165, 1.54) is 93.7 Å². The van der Waals surface area contributed by atoms with E-state index in [9.17, 15) is 85.1 Å². The first-order valence-corrected chi connectivity index (χ1v) is 54.5. The number of aliphatic hydroxyl groups is 4. The maximum atomic E-state index is 14.1. The van der Waals surface area contributed by atoms with Crippen LogP contribution in [-0.4, -0.2) is 270 Å². The predicted molar refractivity (Wildman–Crippen MR) is 557 cm³/mol. The number of hydrogen-bond acceptors (Lipinski definition) is 28. The van der Waals surface area contributed by atoms with E-state index in [2.05, 4.69) is 89.3 Å². The van der Waals surface area contributed by atoms with Crippen molar-refractivity contribution in [3.05, 3.63) is 114 Å². The van der Waals surface area contributed by atoms with Gasteiger partial charge in [0.1, 0.15) is 58.4 Å². The number of nitrogens with one attached hydrogen (secondary N) is 8. The second-order valence-corrected chi connectivity index (χ2v) is 46.6. The summed E-state index contributed by atoms with van der Waals surface area (Å²) in [5, 5.41) is 64.5. The first-order chi connectivity index (χ1) is 69.1. The highest BCUT2D eigenvalue weighted by Gasteiger charge is 2.47. The van der Waals surface area contributed by atoms with Gasteiger partial charge in [-0.1, -0.05) is 70.6 Å².